The molecule has 0 fully saturated rings. The van der Waals surface area contributed by atoms with Gasteiger partial charge in [-0.15, -0.1) is 0 Å². The van der Waals surface area contributed by atoms with Gasteiger partial charge in [0.2, 0.25) is 10.0 Å². The molecule has 0 spiro atoms. The van der Waals surface area contributed by atoms with Crippen LogP contribution in [-0.2, 0) is 10.0 Å². The van der Waals surface area contributed by atoms with E-state index in [0.717, 1.165) is 5.56 Å². The molecule has 0 aliphatic carbocycles. The Kier molecular flexibility index (Phi) is 5.34. The van der Waals surface area contributed by atoms with E-state index < -0.39 is 10.0 Å². The van der Waals surface area contributed by atoms with Gasteiger partial charge in [-0.1, -0.05) is 6.07 Å². The van der Waals surface area contributed by atoms with E-state index in [9.17, 15) is 8.42 Å². The van der Waals surface area contributed by atoms with Crippen molar-refractivity contribution in [2.75, 3.05) is 12.3 Å². The Morgan fingerprint density at radius 1 is 1.37 bits per heavy atom. The smallest absolute Gasteiger partial charge is 0.243 e. The highest BCUT2D eigenvalue weighted by molar-refractivity contribution is 7.89. The number of aliphatic hydroxyl groups is 1. The van der Waals surface area contributed by atoms with Crippen LogP contribution in [0.2, 0.25) is 0 Å². The summed E-state index contributed by atoms with van der Waals surface area (Å²) < 4.78 is 27.3. The molecule has 5 nitrogen and oxygen atoms in total. The highest BCUT2D eigenvalue weighted by Gasteiger charge is 2.22. The number of aryl methyl sites for hydroxylation is 1. The van der Waals surface area contributed by atoms with Crippen molar-refractivity contribution >= 4 is 15.7 Å². The predicted octanol–water partition coefficient (Wildman–Crippen LogP) is 1.32. The maximum absolute atomic E-state index is 12.3. The van der Waals surface area contributed by atoms with Crippen molar-refractivity contribution in [1.29, 1.82) is 0 Å². The highest BCUT2D eigenvalue weighted by Crippen LogP contribution is 2.25. The van der Waals surface area contributed by atoms with Gasteiger partial charge in [0.1, 0.15) is 4.90 Å². The summed E-state index contributed by atoms with van der Waals surface area (Å²) in [6.45, 7) is 5.42. The number of nitrogen functional groups attached to an aromatic ring is 1. The van der Waals surface area contributed by atoms with Gasteiger partial charge in [-0.25, -0.2) is 13.1 Å². The summed E-state index contributed by atoms with van der Waals surface area (Å²) in [6, 6.07) is 3.17. The third-order valence-electron chi connectivity index (χ3n) is 3.13. The van der Waals surface area contributed by atoms with Crippen LogP contribution in [0.3, 0.4) is 0 Å². The molecule has 1 aromatic rings. The Labute approximate surface area is 114 Å². The predicted molar refractivity (Wildman–Crippen MR) is 76.4 cm³/mol. The number of sulfonamides is 1. The molecule has 4 N–H and O–H groups in total. The Bertz CT molecular complexity index is 541. The molecule has 0 bridgehead atoms. The first-order valence-electron chi connectivity index (χ1n) is 6.28. The molecule has 0 saturated heterocycles. The van der Waals surface area contributed by atoms with Gasteiger partial charge in [-0.05, 0) is 50.8 Å². The van der Waals surface area contributed by atoms with E-state index in [4.69, 9.17) is 10.8 Å². The average Bonchev–Trinajstić information content (AvgIpc) is 2.31. The van der Waals surface area contributed by atoms with Crippen molar-refractivity contribution in [3.8, 4) is 0 Å². The fourth-order valence-corrected chi connectivity index (χ4v) is 3.66. The second-order valence-electron chi connectivity index (χ2n) is 4.81. The summed E-state index contributed by atoms with van der Waals surface area (Å²) in [6.07, 6.45) is 1.15. The van der Waals surface area contributed by atoms with Crippen LogP contribution in [0, 0.1) is 13.8 Å². The molecule has 0 aromatic heterocycles. The summed E-state index contributed by atoms with van der Waals surface area (Å²) in [5.41, 5.74) is 7.60. The number of rotatable bonds is 6. The molecule has 0 radical (unpaired) electrons. The Balaban J connectivity index is 3.04. The van der Waals surface area contributed by atoms with E-state index in [1.54, 1.807) is 26.0 Å². The average molecular weight is 286 g/mol. The summed E-state index contributed by atoms with van der Waals surface area (Å²) in [7, 11) is -3.63. The van der Waals surface area contributed by atoms with E-state index in [1.807, 2.05) is 6.92 Å². The molecule has 0 saturated carbocycles. The first-order chi connectivity index (χ1) is 8.79. The van der Waals surface area contributed by atoms with Gasteiger partial charge in [0.05, 0.1) is 5.69 Å². The second kappa shape index (κ2) is 6.36. The molecule has 1 aromatic carbocycles. The van der Waals surface area contributed by atoms with Gasteiger partial charge in [-0.3, -0.25) is 0 Å². The zero-order valence-corrected chi connectivity index (χ0v) is 12.4. The molecule has 1 unspecified atom stereocenters. The maximum Gasteiger partial charge on any atom is 0.243 e. The summed E-state index contributed by atoms with van der Waals surface area (Å²) in [5.74, 6) is 0. The summed E-state index contributed by atoms with van der Waals surface area (Å²) in [5, 5.41) is 8.76. The van der Waals surface area contributed by atoms with Crippen molar-refractivity contribution in [1.82, 2.24) is 4.72 Å². The Hall–Kier alpha value is -1.11. The summed E-state index contributed by atoms with van der Waals surface area (Å²) in [4.78, 5) is 0.156. The van der Waals surface area contributed by atoms with E-state index in [2.05, 4.69) is 4.72 Å². The van der Waals surface area contributed by atoms with Gasteiger partial charge in [0.15, 0.2) is 0 Å². The number of nitrogens with one attached hydrogen (secondary N) is 1. The number of aliphatic hydroxyl groups excluding tert-OH is 1. The third kappa shape index (κ3) is 3.92. The molecule has 6 heteroatoms. The summed E-state index contributed by atoms with van der Waals surface area (Å²) >= 11 is 0. The fourth-order valence-electron chi connectivity index (χ4n) is 1.95. The molecule has 0 heterocycles. The molecule has 108 valence electrons. The van der Waals surface area contributed by atoms with Crippen LogP contribution in [0.1, 0.15) is 30.9 Å². The number of hydrogen-bond donors (Lipinski definition) is 3. The molecule has 1 rings (SSSR count). The third-order valence-corrected chi connectivity index (χ3v) is 4.92. The fraction of sp³-hybridized carbons (Fsp3) is 0.538. The van der Waals surface area contributed by atoms with Gasteiger partial charge < -0.3 is 10.8 Å². The van der Waals surface area contributed by atoms with Crippen molar-refractivity contribution in [2.24, 2.45) is 0 Å². The number of benzene rings is 1. The van der Waals surface area contributed by atoms with E-state index in [-0.39, 0.29) is 23.2 Å². The topological polar surface area (TPSA) is 92.4 Å². The Morgan fingerprint density at radius 3 is 2.58 bits per heavy atom. The molecule has 0 aliphatic heterocycles. The van der Waals surface area contributed by atoms with E-state index >= 15 is 0 Å². The van der Waals surface area contributed by atoms with Crippen LogP contribution in [0.15, 0.2) is 17.0 Å². The number of nitrogens with two attached hydrogens (primary N) is 1. The lowest BCUT2D eigenvalue weighted by Crippen LogP contribution is -2.33. The minimum atomic E-state index is -3.63. The molecular weight excluding hydrogens is 264 g/mol. The van der Waals surface area contributed by atoms with Gasteiger partial charge in [-0.2, -0.15) is 0 Å². The standard InChI is InChI=1S/C13H22N2O3S/c1-9-6-7-12(14)13(11(9)3)19(17,18)15-10(2)5-4-8-16/h6-7,10,15-16H,4-5,8,14H2,1-3H3. The van der Waals surface area contributed by atoms with Gasteiger partial charge >= 0.3 is 0 Å². The maximum atomic E-state index is 12.3. The molecule has 0 amide bonds. The minimum Gasteiger partial charge on any atom is -0.398 e. The quantitative estimate of drug-likeness (QED) is 0.688. The van der Waals surface area contributed by atoms with Crippen LogP contribution in [0.25, 0.3) is 0 Å². The van der Waals surface area contributed by atoms with Gasteiger partial charge in [0.25, 0.3) is 0 Å². The second-order valence-corrected chi connectivity index (χ2v) is 6.46. The van der Waals surface area contributed by atoms with Crippen molar-refractivity contribution in [3.63, 3.8) is 0 Å². The van der Waals surface area contributed by atoms with Crippen LogP contribution in [-0.4, -0.2) is 26.2 Å². The van der Waals surface area contributed by atoms with E-state index in [1.165, 1.54) is 0 Å². The normalized spacial score (nSPS) is 13.5. The SMILES string of the molecule is Cc1ccc(N)c(S(=O)(=O)NC(C)CCCO)c1C. The lowest BCUT2D eigenvalue weighted by Gasteiger charge is -2.17. The van der Waals surface area contributed by atoms with Crippen LogP contribution < -0.4 is 10.5 Å². The largest absolute Gasteiger partial charge is 0.398 e. The Morgan fingerprint density at radius 2 is 2.00 bits per heavy atom. The lowest BCUT2D eigenvalue weighted by atomic mass is 10.1. The monoisotopic (exact) mass is 286 g/mol. The molecule has 1 atom stereocenters. The molecule has 19 heavy (non-hydrogen) atoms. The highest BCUT2D eigenvalue weighted by atomic mass is 32.2. The van der Waals surface area contributed by atoms with Crippen LogP contribution in [0.4, 0.5) is 5.69 Å². The zero-order valence-electron chi connectivity index (χ0n) is 11.6. The molecule has 0 aliphatic rings. The first kappa shape index (κ1) is 15.9. The zero-order chi connectivity index (χ0) is 14.6. The molecular formula is C13H22N2O3S. The van der Waals surface area contributed by atoms with E-state index in [0.29, 0.717) is 18.4 Å². The van der Waals surface area contributed by atoms with Crippen LogP contribution >= 0.6 is 0 Å². The first-order valence-corrected chi connectivity index (χ1v) is 7.76. The lowest BCUT2D eigenvalue weighted by molar-refractivity contribution is 0.279. The van der Waals surface area contributed by atoms with Crippen molar-refractivity contribution in [2.45, 2.75) is 44.6 Å². The van der Waals surface area contributed by atoms with Crippen molar-refractivity contribution in [3.05, 3.63) is 23.3 Å². The minimum absolute atomic E-state index is 0.0533. The number of hydrogen-bond acceptors (Lipinski definition) is 4. The van der Waals surface area contributed by atoms with Crippen molar-refractivity contribution < 1.29 is 13.5 Å². The number of anilines is 1. The van der Waals surface area contributed by atoms with Crippen LogP contribution in [0.5, 0.6) is 0 Å². The van der Waals surface area contributed by atoms with Gasteiger partial charge in [0, 0.05) is 12.6 Å².